The van der Waals surface area contributed by atoms with Crippen LogP contribution in [-0.4, -0.2) is 12.5 Å². The lowest BCUT2D eigenvalue weighted by Crippen LogP contribution is -2.21. The summed E-state index contributed by atoms with van der Waals surface area (Å²) in [6.45, 7) is 3.41. The maximum atomic E-state index is 12.0. The lowest BCUT2D eigenvalue weighted by Gasteiger charge is -2.13. The highest BCUT2D eigenvalue weighted by Crippen LogP contribution is 2.32. The van der Waals surface area contributed by atoms with Gasteiger partial charge in [0, 0.05) is 10.0 Å². The van der Waals surface area contributed by atoms with Crippen molar-refractivity contribution < 1.29 is 9.53 Å². The van der Waals surface area contributed by atoms with Crippen LogP contribution in [0.15, 0.2) is 24.3 Å². The molecule has 4 nitrogen and oxygen atoms in total. The fourth-order valence-electron chi connectivity index (χ4n) is 2.01. The predicted molar refractivity (Wildman–Crippen MR) is 95.9 cm³/mol. The molecule has 3 N–H and O–H groups in total. The Morgan fingerprint density at radius 1 is 1.09 bits per heavy atom. The van der Waals surface area contributed by atoms with Crippen LogP contribution in [-0.2, 0) is 4.79 Å². The van der Waals surface area contributed by atoms with E-state index in [1.54, 1.807) is 31.2 Å². The molecule has 2 rings (SSSR count). The van der Waals surface area contributed by atoms with Gasteiger partial charge in [0.1, 0.15) is 5.75 Å². The Kier molecular flexibility index (Phi) is 5.63. The number of aryl methyl sites for hydroxylation is 2. The topological polar surface area (TPSA) is 64.3 Å². The summed E-state index contributed by atoms with van der Waals surface area (Å²) in [6, 6.07) is 6.56. The maximum absolute atomic E-state index is 12.0. The summed E-state index contributed by atoms with van der Waals surface area (Å²) in [5.41, 5.74) is 8.31. The molecule has 122 valence electrons. The van der Waals surface area contributed by atoms with E-state index < -0.39 is 0 Å². The van der Waals surface area contributed by atoms with Gasteiger partial charge in [-0.2, -0.15) is 0 Å². The van der Waals surface area contributed by atoms with Gasteiger partial charge in [-0.3, -0.25) is 4.79 Å². The van der Waals surface area contributed by atoms with Gasteiger partial charge >= 0.3 is 0 Å². The number of hydrogen-bond donors (Lipinski definition) is 2. The second-order valence-electron chi connectivity index (χ2n) is 5.06. The molecule has 0 saturated carbocycles. The SMILES string of the molecule is Cc1cc(N)c(NC(=O)COc2c(C)cc(Cl)cc2Cl)cc1Cl. The number of nitrogen functional groups attached to an aromatic ring is 1. The van der Waals surface area contributed by atoms with Crippen LogP contribution in [0.5, 0.6) is 5.75 Å². The van der Waals surface area contributed by atoms with E-state index in [0.29, 0.717) is 32.2 Å². The summed E-state index contributed by atoms with van der Waals surface area (Å²) in [6.07, 6.45) is 0. The van der Waals surface area contributed by atoms with Crippen molar-refractivity contribution in [2.24, 2.45) is 0 Å². The number of hydrogen-bond acceptors (Lipinski definition) is 3. The van der Waals surface area contributed by atoms with Crippen molar-refractivity contribution in [3.8, 4) is 5.75 Å². The van der Waals surface area contributed by atoms with Crippen LogP contribution in [0.1, 0.15) is 11.1 Å². The summed E-state index contributed by atoms with van der Waals surface area (Å²) >= 11 is 18.0. The normalized spacial score (nSPS) is 10.5. The van der Waals surface area contributed by atoms with Crippen LogP contribution in [0, 0.1) is 13.8 Å². The molecule has 0 unspecified atom stereocenters. The molecule has 2 aromatic carbocycles. The average Bonchev–Trinajstić information content (AvgIpc) is 2.43. The minimum Gasteiger partial charge on any atom is -0.482 e. The first-order valence-electron chi connectivity index (χ1n) is 6.72. The number of anilines is 2. The molecule has 0 fully saturated rings. The fraction of sp³-hybridized carbons (Fsp3) is 0.188. The standard InChI is InChI=1S/C16H15Cl3N2O2/c1-8-4-13(20)14(6-11(8)18)21-15(22)7-23-16-9(2)3-10(17)5-12(16)19/h3-6H,7,20H2,1-2H3,(H,21,22). The lowest BCUT2D eigenvalue weighted by molar-refractivity contribution is -0.118. The molecule has 0 heterocycles. The highest BCUT2D eigenvalue weighted by Gasteiger charge is 2.12. The molecule has 23 heavy (non-hydrogen) atoms. The third kappa shape index (κ3) is 4.44. The van der Waals surface area contributed by atoms with Crippen LogP contribution in [0.25, 0.3) is 0 Å². The fourth-order valence-corrected chi connectivity index (χ4v) is 2.82. The quantitative estimate of drug-likeness (QED) is 0.752. The zero-order chi connectivity index (χ0) is 17.1. The average molecular weight is 374 g/mol. The third-order valence-electron chi connectivity index (χ3n) is 3.15. The molecule has 0 aliphatic carbocycles. The number of carbonyl (C=O) groups is 1. The van der Waals surface area contributed by atoms with Crippen molar-refractivity contribution in [2.45, 2.75) is 13.8 Å². The maximum Gasteiger partial charge on any atom is 0.262 e. The highest BCUT2D eigenvalue weighted by molar-refractivity contribution is 6.35. The van der Waals surface area contributed by atoms with E-state index in [-0.39, 0.29) is 12.5 Å². The van der Waals surface area contributed by atoms with Crippen molar-refractivity contribution >= 4 is 52.1 Å². The molecule has 7 heteroatoms. The van der Waals surface area contributed by atoms with Gasteiger partial charge in [0.25, 0.3) is 5.91 Å². The van der Waals surface area contributed by atoms with Crippen LogP contribution >= 0.6 is 34.8 Å². The molecule has 0 aromatic heterocycles. The van der Waals surface area contributed by atoms with Crippen molar-refractivity contribution in [1.82, 2.24) is 0 Å². The number of nitrogens with one attached hydrogen (secondary N) is 1. The minimum absolute atomic E-state index is 0.215. The summed E-state index contributed by atoms with van der Waals surface area (Å²) < 4.78 is 5.47. The van der Waals surface area contributed by atoms with Crippen molar-refractivity contribution in [1.29, 1.82) is 0 Å². The molecule has 0 atom stereocenters. The van der Waals surface area contributed by atoms with Gasteiger partial charge < -0.3 is 15.8 Å². The van der Waals surface area contributed by atoms with Crippen molar-refractivity contribution in [2.75, 3.05) is 17.7 Å². The Balaban J connectivity index is 2.05. The van der Waals surface area contributed by atoms with Gasteiger partial charge in [0.2, 0.25) is 0 Å². The molecule has 0 radical (unpaired) electrons. The second-order valence-corrected chi connectivity index (χ2v) is 6.31. The number of halogens is 3. The number of nitrogens with two attached hydrogens (primary N) is 1. The molecule has 0 aliphatic heterocycles. The van der Waals surface area contributed by atoms with E-state index in [1.807, 2.05) is 6.92 Å². The summed E-state index contributed by atoms with van der Waals surface area (Å²) in [7, 11) is 0. The Hall–Kier alpha value is -1.62. The number of benzene rings is 2. The summed E-state index contributed by atoms with van der Waals surface area (Å²) in [4.78, 5) is 12.0. The van der Waals surface area contributed by atoms with Gasteiger partial charge in [-0.15, -0.1) is 0 Å². The number of carbonyl (C=O) groups excluding carboxylic acids is 1. The molecule has 0 aliphatic rings. The van der Waals surface area contributed by atoms with Gasteiger partial charge in [0.05, 0.1) is 16.4 Å². The van der Waals surface area contributed by atoms with E-state index in [9.17, 15) is 4.79 Å². The smallest absolute Gasteiger partial charge is 0.262 e. The Labute approximate surface area is 149 Å². The van der Waals surface area contributed by atoms with E-state index in [4.69, 9.17) is 45.3 Å². The zero-order valence-corrected chi connectivity index (χ0v) is 14.8. The number of ether oxygens (including phenoxy) is 1. The second kappa shape index (κ2) is 7.30. The van der Waals surface area contributed by atoms with E-state index >= 15 is 0 Å². The lowest BCUT2D eigenvalue weighted by atomic mass is 10.2. The van der Waals surface area contributed by atoms with E-state index in [1.165, 1.54) is 0 Å². The Morgan fingerprint density at radius 3 is 2.43 bits per heavy atom. The first-order chi connectivity index (χ1) is 10.8. The molecule has 0 spiro atoms. The van der Waals surface area contributed by atoms with Gasteiger partial charge in [-0.05, 0) is 49.2 Å². The monoisotopic (exact) mass is 372 g/mol. The van der Waals surface area contributed by atoms with Crippen LogP contribution in [0.2, 0.25) is 15.1 Å². The van der Waals surface area contributed by atoms with Crippen LogP contribution in [0.4, 0.5) is 11.4 Å². The van der Waals surface area contributed by atoms with Gasteiger partial charge in [-0.25, -0.2) is 0 Å². The Morgan fingerprint density at radius 2 is 1.78 bits per heavy atom. The van der Waals surface area contributed by atoms with Crippen LogP contribution < -0.4 is 15.8 Å². The molecular formula is C16H15Cl3N2O2. The number of amides is 1. The first-order valence-corrected chi connectivity index (χ1v) is 7.85. The highest BCUT2D eigenvalue weighted by atomic mass is 35.5. The first kappa shape index (κ1) is 17.7. The van der Waals surface area contributed by atoms with Crippen molar-refractivity contribution in [3.05, 3.63) is 50.5 Å². The predicted octanol–water partition coefficient (Wildman–Crippen LogP) is 4.86. The molecule has 1 amide bonds. The number of rotatable bonds is 4. The van der Waals surface area contributed by atoms with Crippen LogP contribution in [0.3, 0.4) is 0 Å². The molecule has 2 aromatic rings. The van der Waals surface area contributed by atoms with Gasteiger partial charge in [-0.1, -0.05) is 34.8 Å². The van der Waals surface area contributed by atoms with E-state index in [2.05, 4.69) is 5.32 Å². The summed E-state index contributed by atoms with van der Waals surface area (Å²) in [5.74, 6) is 0.0446. The molecule has 0 bridgehead atoms. The minimum atomic E-state index is -0.373. The largest absolute Gasteiger partial charge is 0.482 e. The Bertz CT molecular complexity index is 740. The summed E-state index contributed by atoms with van der Waals surface area (Å²) in [5, 5.41) is 4.03. The van der Waals surface area contributed by atoms with Crippen molar-refractivity contribution in [3.63, 3.8) is 0 Å². The molecular weight excluding hydrogens is 359 g/mol. The zero-order valence-electron chi connectivity index (χ0n) is 12.5. The third-order valence-corrected chi connectivity index (χ3v) is 4.05. The molecule has 0 saturated heterocycles. The van der Waals surface area contributed by atoms with Gasteiger partial charge in [0.15, 0.2) is 6.61 Å². The van der Waals surface area contributed by atoms with E-state index in [0.717, 1.165) is 11.1 Å².